The maximum Gasteiger partial charge on any atom is 0.496 e. The highest BCUT2D eigenvalue weighted by molar-refractivity contribution is 6.62. The minimum atomic E-state index is -0.589. The second-order valence-electron chi connectivity index (χ2n) is 12.6. The van der Waals surface area contributed by atoms with Gasteiger partial charge in [0, 0.05) is 35.8 Å². The lowest BCUT2D eigenvalue weighted by molar-refractivity contribution is -0.0103. The number of carbonyl (C=O) groups excluding carboxylic acids is 1. The number of anilines is 1. The quantitative estimate of drug-likeness (QED) is 0.612. The normalized spacial score (nSPS) is 24.2. The molecule has 3 rings (SSSR count). The number of ether oxygens (including phenoxy) is 2. The van der Waals surface area contributed by atoms with Crippen molar-refractivity contribution in [2.24, 2.45) is 0 Å². The van der Waals surface area contributed by atoms with Gasteiger partial charge in [-0.05, 0) is 75.7 Å². The Morgan fingerprint density at radius 2 is 1.64 bits per heavy atom. The molecule has 0 spiro atoms. The van der Waals surface area contributed by atoms with Crippen molar-refractivity contribution in [1.29, 1.82) is 0 Å². The summed E-state index contributed by atoms with van der Waals surface area (Å²) in [5.74, 6) is 0.628. The van der Waals surface area contributed by atoms with E-state index < -0.39 is 23.9 Å². The lowest BCUT2D eigenvalue weighted by Crippen LogP contribution is -2.41. The third-order valence-corrected chi connectivity index (χ3v) is 6.63. The van der Waals surface area contributed by atoms with Crippen LogP contribution in [-0.4, -0.2) is 53.8 Å². The molecule has 0 aromatic carbocycles. The minimum absolute atomic E-state index is 0.231. The summed E-state index contributed by atoms with van der Waals surface area (Å²) in [4.78, 5) is 19.4. The predicted molar refractivity (Wildman–Crippen MR) is 131 cm³/mol. The van der Waals surface area contributed by atoms with Crippen LogP contribution in [0, 0.1) is 0 Å². The number of hydrogen-bond donors (Lipinski definition) is 0. The molecule has 184 valence electrons. The molecule has 0 bridgehead atoms. The third-order valence-electron chi connectivity index (χ3n) is 6.63. The molecule has 1 saturated heterocycles. The van der Waals surface area contributed by atoms with E-state index in [4.69, 9.17) is 23.8 Å². The van der Waals surface area contributed by atoms with Gasteiger partial charge in [-0.25, -0.2) is 9.78 Å². The van der Waals surface area contributed by atoms with Gasteiger partial charge < -0.3 is 18.8 Å². The summed E-state index contributed by atoms with van der Waals surface area (Å²) < 4.78 is 24.2. The van der Waals surface area contributed by atoms with Crippen molar-refractivity contribution < 1.29 is 23.6 Å². The van der Waals surface area contributed by atoms with Gasteiger partial charge in [0.1, 0.15) is 11.4 Å². The van der Waals surface area contributed by atoms with Crippen molar-refractivity contribution in [3.05, 3.63) is 17.8 Å². The lowest BCUT2D eigenvalue weighted by atomic mass is 9.75. The zero-order chi connectivity index (χ0) is 25.0. The second kappa shape index (κ2) is 8.24. The summed E-state index contributed by atoms with van der Waals surface area (Å²) in [7, 11) is -0.515. The van der Waals surface area contributed by atoms with Crippen molar-refractivity contribution >= 4 is 24.5 Å². The SMILES string of the molecule is CC(C)(C)OCCC1(C)CN(C(=O)OC(C)(C)C)c2ncc(B3OC(C)(C)C(C)(C)O3)cc21. The average molecular weight is 460 g/mol. The van der Waals surface area contributed by atoms with Crippen LogP contribution in [0.4, 0.5) is 10.6 Å². The van der Waals surface area contributed by atoms with Gasteiger partial charge in [0.2, 0.25) is 0 Å². The molecule has 1 amide bonds. The molecule has 8 heteroatoms. The molecule has 1 aromatic rings. The molecule has 2 aliphatic rings. The molecule has 0 N–H and O–H groups in total. The summed E-state index contributed by atoms with van der Waals surface area (Å²) in [6.07, 6.45) is 2.10. The first kappa shape index (κ1) is 26.0. The Hall–Kier alpha value is -1.64. The van der Waals surface area contributed by atoms with Gasteiger partial charge in [0.25, 0.3) is 0 Å². The van der Waals surface area contributed by atoms with E-state index in [1.54, 1.807) is 11.1 Å². The van der Waals surface area contributed by atoms with Crippen molar-refractivity contribution in [2.75, 3.05) is 18.1 Å². The van der Waals surface area contributed by atoms with Gasteiger partial charge in [-0.2, -0.15) is 0 Å². The van der Waals surface area contributed by atoms with Crippen LogP contribution in [0.2, 0.25) is 0 Å². The third kappa shape index (κ3) is 5.55. The lowest BCUT2D eigenvalue weighted by Gasteiger charge is -2.32. The van der Waals surface area contributed by atoms with Crippen molar-refractivity contribution in [3.63, 3.8) is 0 Å². The van der Waals surface area contributed by atoms with Gasteiger partial charge in [-0.15, -0.1) is 0 Å². The minimum Gasteiger partial charge on any atom is -0.443 e. The van der Waals surface area contributed by atoms with E-state index in [1.807, 2.05) is 69.2 Å². The Morgan fingerprint density at radius 1 is 1.06 bits per heavy atom. The largest absolute Gasteiger partial charge is 0.496 e. The summed E-state index contributed by atoms with van der Waals surface area (Å²) in [5, 5.41) is 0. The topological polar surface area (TPSA) is 70.1 Å². The Balaban J connectivity index is 1.95. The van der Waals surface area contributed by atoms with Crippen LogP contribution in [0.25, 0.3) is 0 Å². The van der Waals surface area contributed by atoms with Gasteiger partial charge in [-0.3, -0.25) is 4.90 Å². The Labute approximate surface area is 199 Å². The average Bonchev–Trinajstić information content (AvgIpc) is 3.02. The highest BCUT2D eigenvalue weighted by Crippen LogP contribution is 2.43. The van der Waals surface area contributed by atoms with Crippen LogP contribution < -0.4 is 10.4 Å². The summed E-state index contributed by atoms with van der Waals surface area (Å²) in [6.45, 7) is 23.1. The van der Waals surface area contributed by atoms with Crippen molar-refractivity contribution in [1.82, 2.24) is 4.98 Å². The van der Waals surface area contributed by atoms with E-state index in [9.17, 15) is 4.79 Å². The van der Waals surface area contributed by atoms with Gasteiger partial charge in [0.15, 0.2) is 0 Å². The molecule has 3 heterocycles. The molecule has 33 heavy (non-hydrogen) atoms. The van der Waals surface area contributed by atoms with E-state index in [0.717, 1.165) is 17.4 Å². The van der Waals surface area contributed by atoms with E-state index in [1.165, 1.54) is 0 Å². The fraction of sp³-hybridized carbons (Fsp3) is 0.760. The van der Waals surface area contributed by atoms with Gasteiger partial charge >= 0.3 is 13.2 Å². The summed E-state index contributed by atoms with van der Waals surface area (Å²) >= 11 is 0. The van der Waals surface area contributed by atoms with Crippen LogP contribution in [0.3, 0.4) is 0 Å². The fourth-order valence-electron chi connectivity index (χ4n) is 4.01. The monoisotopic (exact) mass is 460 g/mol. The van der Waals surface area contributed by atoms with E-state index in [2.05, 4.69) is 13.0 Å². The molecule has 7 nitrogen and oxygen atoms in total. The van der Waals surface area contributed by atoms with Crippen LogP contribution >= 0.6 is 0 Å². The molecule has 1 fully saturated rings. The maximum atomic E-state index is 13.0. The second-order valence-corrected chi connectivity index (χ2v) is 12.6. The maximum absolute atomic E-state index is 13.0. The van der Waals surface area contributed by atoms with Crippen molar-refractivity contribution in [3.8, 4) is 0 Å². The van der Waals surface area contributed by atoms with Crippen LogP contribution in [0.1, 0.15) is 88.1 Å². The zero-order valence-corrected chi connectivity index (χ0v) is 22.3. The van der Waals surface area contributed by atoms with E-state index in [0.29, 0.717) is 19.0 Å². The molecule has 0 saturated carbocycles. The number of nitrogens with zero attached hydrogens (tertiary/aromatic N) is 2. The predicted octanol–water partition coefficient (Wildman–Crippen LogP) is 4.60. The van der Waals surface area contributed by atoms with Crippen LogP contribution in [-0.2, 0) is 24.2 Å². The fourth-order valence-corrected chi connectivity index (χ4v) is 4.01. The van der Waals surface area contributed by atoms with E-state index >= 15 is 0 Å². The first-order chi connectivity index (χ1) is 14.8. The number of aromatic nitrogens is 1. The molecular weight excluding hydrogens is 419 g/mol. The number of rotatable bonds is 4. The highest BCUT2D eigenvalue weighted by atomic mass is 16.7. The van der Waals surface area contributed by atoms with Crippen LogP contribution in [0.15, 0.2) is 12.3 Å². The van der Waals surface area contributed by atoms with E-state index in [-0.39, 0.29) is 17.1 Å². The molecule has 0 aliphatic carbocycles. The summed E-state index contributed by atoms with van der Waals surface area (Å²) in [5.41, 5.74) is -0.213. The number of carbonyl (C=O) groups is 1. The van der Waals surface area contributed by atoms with Crippen LogP contribution in [0.5, 0.6) is 0 Å². The van der Waals surface area contributed by atoms with Gasteiger partial charge in [0.05, 0.1) is 16.8 Å². The molecule has 1 unspecified atom stereocenters. The highest BCUT2D eigenvalue weighted by Gasteiger charge is 2.53. The number of hydrogen-bond acceptors (Lipinski definition) is 6. The number of amides is 1. The molecular formula is C25H41BN2O5. The first-order valence-electron chi connectivity index (χ1n) is 11.8. The number of pyridine rings is 1. The van der Waals surface area contributed by atoms with Crippen molar-refractivity contribution in [2.45, 2.75) is 110 Å². The zero-order valence-electron chi connectivity index (χ0n) is 22.3. The Kier molecular flexibility index (Phi) is 6.49. The smallest absolute Gasteiger partial charge is 0.443 e. The molecule has 1 atom stereocenters. The molecule has 1 aromatic heterocycles. The first-order valence-corrected chi connectivity index (χ1v) is 11.8. The number of fused-ring (bicyclic) bond motifs is 1. The Morgan fingerprint density at radius 3 is 2.15 bits per heavy atom. The summed E-state index contributed by atoms with van der Waals surface area (Å²) in [6, 6.07) is 2.08. The Bertz CT molecular complexity index is 887. The molecule has 0 radical (unpaired) electrons. The standard InChI is InChI=1S/C25H41BN2O5/c1-21(2,3)30-13-12-25(11)16-28(20(29)31-22(4,5)6)19-18(25)14-17(15-27-19)26-32-23(7,8)24(9,10)33-26/h14-15H,12-13,16H2,1-11H3. The molecule has 2 aliphatic heterocycles. The van der Waals surface area contributed by atoms with Gasteiger partial charge in [-0.1, -0.05) is 13.0 Å².